The van der Waals surface area contributed by atoms with Crippen molar-refractivity contribution in [1.82, 2.24) is 0 Å². The maximum Gasteiger partial charge on any atom is 0.429 e. The number of carbonyl (C=O) groups excluding carboxylic acids is 1. The summed E-state index contributed by atoms with van der Waals surface area (Å²) in [6.07, 6.45) is -6.28. The molecule has 22 heavy (non-hydrogen) atoms. The Balaban J connectivity index is 2.64. The molecule has 1 unspecified atom stereocenters. The molecule has 0 spiro atoms. The standard InChI is InChI=1S/C13H11ClF3N3O2/c1-5-2-3-8(14)6-4-7(11(21)20-12(18)19)10(13(15,16)17)22-9(5)6/h2-4,10H,1H3,(H4,18,19,20,21). The van der Waals surface area contributed by atoms with E-state index in [1.165, 1.54) is 12.1 Å². The second-order valence-corrected chi connectivity index (χ2v) is 5.00. The molecule has 1 aromatic rings. The van der Waals surface area contributed by atoms with Crippen molar-refractivity contribution in [3.8, 4) is 5.75 Å². The largest absolute Gasteiger partial charge is 0.475 e. The Hall–Kier alpha value is -2.22. The molecule has 0 bridgehead atoms. The summed E-state index contributed by atoms with van der Waals surface area (Å²) < 4.78 is 44.4. The molecule has 9 heteroatoms. The fraction of sp³-hybridized carbons (Fsp3) is 0.231. The van der Waals surface area contributed by atoms with Gasteiger partial charge in [0.25, 0.3) is 5.91 Å². The summed E-state index contributed by atoms with van der Waals surface area (Å²) in [5, 5.41) is 0.149. The number of aryl methyl sites for hydroxylation is 1. The average Bonchev–Trinajstić information content (AvgIpc) is 2.40. The molecule has 4 N–H and O–H groups in total. The molecule has 0 aromatic heterocycles. The summed E-state index contributed by atoms with van der Waals surface area (Å²) in [6.45, 7) is 1.57. The summed E-state index contributed by atoms with van der Waals surface area (Å²) in [4.78, 5) is 15.0. The zero-order valence-electron chi connectivity index (χ0n) is 11.2. The molecule has 2 rings (SSSR count). The Morgan fingerprint density at radius 1 is 1.36 bits per heavy atom. The summed E-state index contributed by atoms with van der Waals surface area (Å²) in [7, 11) is 0. The van der Waals surface area contributed by atoms with Crippen LogP contribution in [0.25, 0.3) is 6.08 Å². The predicted octanol–water partition coefficient (Wildman–Crippen LogP) is 2.16. The molecule has 0 saturated carbocycles. The summed E-state index contributed by atoms with van der Waals surface area (Å²) >= 11 is 5.95. The molecule has 1 aliphatic rings. The van der Waals surface area contributed by atoms with Crippen molar-refractivity contribution in [2.75, 3.05) is 0 Å². The number of halogens is 4. The van der Waals surface area contributed by atoms with Gasteiger partial charge in [-0.15, -0.1) is 0 Å². The lowest BCUT2D eigenvalue weighted by atomic mass is 9.98. The van der Waals surface area contributed by atoms with Gasteiger partial charge in [-0.3, -0.25) is 4.79 Å². The van der Waals surface area contributed by atoms with Crippen molar-refractivity contribution in [3.63, 3.8) is 0 Å². The minimum Gasteiger partial charge on any atom is -0.475 e. The van der Waals surface area contributed by atoms with E-state index in [2.05, 4.69) is 4.99 Å². The average molecular weight is 334 g/mol. The number of aliphatic imine (C=N–C) groups is 1. The minimum absolute atomic E-state index is 0.0314. The molecule has 5 nitrogen and oxygen atoms in total. The topological polar surface area (TPSA) is 90.7 Å². The second-order valence-electron chi connectivity index (χ2n) is 4.59. The van der Waals surface area contributed by atoms with E-state index >= 15 is 0 Å². The van der Waals surface area contributed by atoms with Crippen LogP contribution < -0.4 is 16.2 Å². The number of carbonyl (C=O) groups is 1. The van der Waals surface area contributed by atoms with E-state index in [9.17, 15) is 18.0 Å². The lowest BCUT2D eigenvalue weighted by Crippen LogP contribution is -2.40. The first-order chi connectivity index (χ1) is 10.1. The number of hydrogen-bond acceptors (Lipinski definition) is 2. The molecule has 1 aromatic carbocycles. The van der Waals surface area contributed by atoms with E-state index in [0.29, 0.717) is 5.56 Å². The van der Waals surface area contributed by atoms with E-state index in [4.69, 9.17) is 27.8 Å². The van der Waals surface area contributed by atoms with Crippen LogP contribution in [0.5, 0.6) is 5.75 Å². The lowest BCUT2D eigenvalue weighted by Gasteiger charge is -2.28. The van der Waals surface area contributed by atoms with Gasteiger partial charge in [-0.05, 0) is 24.6 Å². The number of hydrogen-bond donors (Lipinski definition) is 2. The summed E-state index contributed by atoms with van der Waals surface area (Å²) in [5.74, 6) is -1.91. The van der Waals surface area contributed by atoms with Crippen molar-refractivity contribution in [2.45, 2.75) is 19.2 Å². The lowest BCUT2D eigenvalue weighted by molar-refractivity contribution is -0.185. The number of rotatable bonds is 1. The first kappa shape index (κ1) is 16.2. The molecule has 0 radical (unpaired) electrons. The minimum atomic E-state index is -4.81. The Kier molecular flexibility index (Phi) is 4.06. The zero-order valence-corrected chi connectivity index (χ0v) is 12.0. The SMILES string of the molecule is Cc1ccc(Cl)c2c1OC(C(F)(F)F)C(C(=O)N=C(N)N)=C2. The number of fused-ring (bicyclic) bond motifs is 1. The fourth-order valence-corrected chi connectivity index (χ4v) is 2.19. The van der Waals surface area contributed by atoms with Crippen LogP contribution in [-0.4, -0.2) is 24.1 Å². The second kappa shape index (κ2) is 5.53. The van der Waals surface area contributed by atoms with Gasteiger partial charge >= 0.3 is 6.18 Å². The Morgan fingerprint density at radius 3 is 2.55 bits per heavy atom. The van der Waals surface area contributed by atoms with Crippen molar-refractivity contribution >= 4 is 29.5 Å². The normalized spacial score (nSPS) is 17.1. The number of benzene rings is 1. The first-order valence-corrected chi connectivity index (χ1v) is 6.37. The number of ether oxygens (including phenoxy) is 1. The molecular formula is C13H11ClF3N3O2. The molecule has 1 aliphatic heterocycles. The maximum absolute atomic E-state index is 13.2. The third kappa shape index (κ3) is 3.01. The number of amides is 1. The molecule has 0 aliphatic carbocycles. The van der Waals surface area contributed by atoms with Gasteiger partial charge in [0.1, 0.15) is 5.75 Å². The maximum atomic E-state index is 13.2. The van der Waals surface area contributed by atoms with Gasteiger partial charge in [0.05, 0.1) is 10.6 Å². The van der Waals surface area contributed by atoms with Gasteiger partial charge in [-0.25, -0.2) is 0 Å². The smallest absolute Gasteiger partial charge is 0.429 e. The summed E-state index contributed by atoms with van der Waals surface area (Å²) in [5.41, 5.74) is 9.97. The van der Waals surface area contributed by atoms with Crippen LogP contribution in [0.2, 0.25) is 5.02 Å². The van der Waals surface area contributed by atoms with Gasteiger partial charge < -0.3 is 16.2 Å². The number of nitrogens with zero attached hydrogens (tertiary/aromatic N) is 1. The van der Waals surface area contributed by atoms with Crippen LogP contribution in [-0.2, 0) is 4.79 Å². The van der Waals surface area contributed by atoms with Gasteiger partial charge in [-0.2, -0.15) is 18.2 Å². The molecule has 118 valence electrons. The van der Waals surface area contributed by atoms with Crippen molar-refractivity contribution < 1.29 is 22.7 Å². The number of guanidine groups is 1. The Morgan fingerprint density at radius 2 is 2.00 bits per heavy atom. The van der Waals surface area contributed by atoms with E-state index in [1.807, 2.05) is 0 Å². The molecule has 0 saturated heterocycles. The van der Waals surface area contributed by atoms with Crippen LogP contribution in [0.4, 0.5) is 13.2 Å². The molecule has 0 fully saturated rings. The third-order valence-electron chi connectivity index (χ3n) is 2.93. The van der Waals surface area contributed by atoms with Crippen LogP contribution in [0.1, 0.15) is 11.1 Å². The van der Waals surface area contributed by atoms with Crippen LogP contribution >= 0.6 is 11.6 Å². The fourth-order valence-electron chi connectivity index (χ4n) is 1.99. The molecular weight excluding hydrogens is 323 g/mol. The van der Waals surface area contributed by atoms with E-state index in [1.54, 1.807) is 6.92 Å². The summed E-state index contributed by atoms with van der Waals surface area (Å²) in [6, 6.07) is 3.01. The highest BCUT2D eigenvalue weighted by Crippen LogP contribution is 2.41. The van der Waals surface area contributed by atoms with E-state index < -0.39 is 29.7 Å². The third-order valence-corrected chi connectivity index (χ3v) is 3.26. The number of alkyl halides is 3. The van der Waals surface area contributed by atoms with Gasteiger partial charge in [0.2, 0.25) is 6.10 Å². The van der Waals surface area contributed by atoms with Gasteiger partial charge in [0, 0.05) is 5.56 Å². The van der Waals surface area contributed by atoms with E-state index in [0.717, 1.165) is 6.08 Å². The first-order valence-electron chi connectivity index (χ1n) is 5.99. The van der Waals surface area contributed by atoms with Crippen LogP contribution in [0.3, 0.4) is 0 Å². The highest BCUT2D eigenvalue weighted by Gasteiger charge is 2.48. The Labute approximate surface area is 128 Å². The van der Waals surface area contributed by atoms with Crippen molar-refractivity contribution in [3.05, 3.63) is 33.9 Å². The molecule has 1 atom stereocenters. The van der Waals surface area contributed by atoms with Gasteiger partial charge in [0.15, 0.2) is 5.96 Å². The number of nitrogens with two attached hydrogens (primary N) is 2. The highest BCUT2D eigenvalue weighted by atomic mass is 35.5. The van der Waals surface area contributed by atoms with Crippen LogP contribution in [0.15, 0.2) is 22.7 Å². The molecule has 1 amide bonds. The van der Waals surface area contributed by atoms with Crippen LogP contribution in [0, 0.1) is 6.92 Å². The highest BCUT2D eigenvalue weighted by molar-refractivity contribution is 6.32. The van der Waals surface area contributed by atoms with Crippen molar-refractivity contribution in [2.24, 2.45) is 16.5 Å². The monoisotopic (exact) mass is 333 g/mol. The van der Waals surface area contributed by atoms with Crippen molar-refractivity contribution in [1.29, 1.82) is 0 Å². The van der Waals surface area contributed by atoms with Gasteiger partial charge in [-0.1, -0.05) is 17.7 Å². The zero-order chi connectivity index (χ0) is 16.7. The quantitative estimate of drug-likeness (QED) is 0.608. The molecule has 1 heterocycles. The Bertz CT molecular complexity index is 695. The van der Waals surface area contributed by atoms with E-state index in [-0.39, 0.29) is 16.3 Å². The predicted molar refractivity (Wildman–Crippen MR) is 75.5 cm³/mol.